The van der Waals surface area contributed by atoms with Gasteiger partial charge in [0.05, 0.1) is 6.61 Å². The predicted octanol–water partition coefficient (Wildman–Crippen LogP) is 10.8. The molecule has 2 aromatic rings. The number of anilines is 1. The fraction of sp³-hybridized carbons (Fsp3) is 0.745. The van der Waals surface area contributed by atoms with Crippen LogP contribution in [0.3, 0.4) is 0 Å². The molecule has 5 saturated carbocycles. The normalized spacial score (nSPS) is 29.6. The van der Waals surface area contributed by atoms with Gasteiger partial charge in [0, 0.05) is 5.69 Å². The number of ether oxygens (including phenoxy) is 3. The van der Waals surface area contributed by atoms with Crippen LogP contribution in [-0.4, -0.2) is 90.1 Å². The Bertz CT molecular complexity index is 1620. The zero-order valence-corrected chi connectivity index (χ0v) is 38.1. The van der Waals surface area contributed by atoms with Gasteiger partial charge in [-0.15, -0.1) is 0 Å². The second-order valence-electron chi connectivity index (χ2n) is 20.4. The number of rotatable bonds is 12. The van der Waals surface area contributed by atoms with Crippen molar-refractivity contribution in [3.8, 4) is 5.75 Å². The molecule has 1 heterocycles. The maximum Gasteiger partial charge on any atom is 0.411 e. The zero-order valence-electron chi connectivity index (χ0n) is 37.2. The van der Waals surface area contributed by atoms with Crippen molar-refractivity contribution >= 4 is 20.1 Å². The van der Waals surface area contributed by atoms with Crippen LogP contribution < -0.4 is 10.1 Å². The maximum atomic E-state index is 13.5. The van der Waals surface area contributed by atoms with E-state index in [1.807, 2.05) is 17.9 Å². The van der Waals surface area contributed by atoms with Gasteiger partial charge >= 0.3 is 6.09 Å². The topological polar surface area (TPSA) is 138 Å². The smallest absolute Gasteiger partial charge is 0.411 e. The Morgan fingerprint density at radius 1 is 0.623 bits per heavy atom. The summed E-state index contributed by atoms with van der Waals surface area (Å²) in [5.41, 5.74) is 2.30. The van der Waals surface area contributed by atoms with Gasteiger partial charge in [-0.1, -0.05) is 102 Å². The molecule has 0 spiro atoms. The molecule has 9 nitrogen and oxygen atoms in total. The molecule has 4 unspecified atom stereocenters. The SMILES string of the molecule is Cc1cc(COC(=O)Nc2ccc(S(C3CCCCC3)(C3CCCCC3)(C3CCCCC3)(C3CCCCC3)C3CCCCC3)cc2)ccc1OC1OC(CO)[C@H](O)C(O)C1O. The average molecular weight is 866 g/mol. The van der Waals surface area contributed by atoms with Gasteiger partial charge in [0.2, 0.25) is 6.29 Å². The number of aryl methyl sites for hydroxylation is 1. The van der Waals surface area contributed by atoms with Crippen LogP contribution in [-0.2, 0) is 16.1 Å². The summed E-state index contributed by atoms with van der Waals surface area (Å²) in [6, 6.07) is 15.2. The number of carbonyl (C=O) groups is 1. The highest BCUT2D eigenvalue weighted by Crippen LogP contribution is 3.09. The molecule has 5 N–H and O–H groups in total. The van der Waals surface area contributed by atoms with Crippen molar-refractivity contribution in [1.29, 1.82) is 0 Å². The first-order chi connectivity index (χ1) is 29.7. The number of aliphatic hydroxyl groups is 4. The molecule has 8 rings (SSSR count). The van der Waals surface area contributed by atoms with E-state index in [2.05, 4.69) is 29.6 Å². The van der Waals surface area contributed by atoms with Crippen LogP contribution in [0.25, 0.3) is 0 Å². The first-order valence-corrected chi connectivity index (χ1v) is 27.6. The molecule has 61 heavy (non-hydrogen) atoms. The Hall–Kier alpha value is -2.34. The lowest BCUT2D eigenvalue weighted by Crippen LogP contribution is -2.72. The van der Waals surface area contributed by atoms with Crippen LogP contribution in [0.1, 0.15) is 172 Å². The summed E-state index contributed by atoms with van der Waals surface area (Å²) >= 11 is 0. The van der Waals surface area contributed by atoms with Crippen molar-refractivity contribution in [3.63, 3.8) is 0 Å². The van der Waals surface area contributed by atoms with Crippen molar-refractivity contribution < 1.29 is 39.4 Å². The summed E-state index contributed by atoms with van der Waals surface area (Å²) in [4.78, 5) is 15.3. The number of hydrogen-bond donors (Lipinski definition) is 5. The molecule has 1 saturated heterocycles. The largest absolute Gasteiger partial charge is 0.462 e. The van der Waals surface area contributed by atoms with Crippen molar-refractivity contribution in [1.82, 2.24) is 0 Å². The highest BCUT2D eigenvalue weighted by atomic mass is 32.4. The molecule has 5 atom stereocenters. The number of amides is 1. The van der Waals surface area contributed by atoms with Crippen molar-refractivity contribution in [2.24, 2.45) is 0 Å². The minimum atomic E-state index is -3.20. The molecule has 1 amide bonds. The third-order valence-corrected chi connectivity index (χ3v) is 31.3. The first-order valence-electron chi connectivity index (χ1n) is 24.8. The summed E-state index contributed by atoms with van der Waals surface area (Å²) in [6.45, 7) is 1.37. The number of hydrogen-bond acceptors (Lipinski definition) is 8. The first kappa shape index (κ1) is 45.2. The fourth-order valence-corrected chi connectivity index (χ4v) is 32.4. The molecule has 0 bridgehead atoms. The predicted molar refractivity (Wildman–Crippen MR) is 246 cm³/mol. The minimum absolute atomic E-state index is 0.0660. The van der Waals surface area contributed by atoms with Crippen LogP contribution >= 0.6 is 8.29 Å². The van der Waals surface area contributed by atoms with Crippen molar-refractivity contribution in [3.05, 3.63) is 53.6 Å². The molecule has 6 aliphatic rings. The van der Waals surface area contributed by atoms with Gasteiger partial charge < -0.3 is 34.6 Å². The monoisotopic (exact) mass is 866 g/mol. The molecular weight excluding hydrogens is 787 g/mol. The van der Waals surface area contributed by atoms with Gasteiger partial charge in [-0.3, -0.25) is 5.32 Å². The highest BCUT2D eigenvalue weighted by Gasteiger charge is 2.79. The molecule has 0 aromatic heterocycles. The fourth-order valence-electron chi connectivity index (χ4n) is 15.8. The lowest BCUT2D eigenvalue weighted by Gasteiger charge is -2.97. The molecule has 342 valence electrons. The Morgan fingerprint density at radius 3 is 1.48 bits per heavy atom. The number of carbonyl (C=O) groups excluding carboxylic acids is 1. The van der Waals surface area contributed by atoms with E-state index in [9.17, 15) is 25.2 Å². The molecular formula is C51H79NO8S. The molecule has 0 radical (unpaired) electrons. The number of aliphatic hydroxyl groups excluding tert-OH is 4. The average Bonchev–Trinajstić information content (AvgIpc) is 3.32. The second kappa shape index (κ2) is 19.0. The lowest BCUT2D eigenvalue weighted by atomic mass is 9.97. The highest BCUT2D eigenvalue weighted by molar-refractivity contribution is 8.66. The molecule has 1 aliphatic heterocycles. The van der Waals surface area contributed by atoms with E-state index in [1.54, 1.807) is 12.1 Å². The third kappa shape index (κ3) is 7.37. The van der Waals surface area contributed by atoms with Crippen LogP contribution in [0.2, 0.25) is 0 Å². The van der Waals surface area contributed by atoms with Crippen molar-refractivity contribution in [2.75, 3.05) is 11.9 Å². The zero-order chi connectivity index (χ0) is 42.5. The van der Waals surface area contributed by atoms with E-state index in [0.717, 1.165) is 37.5 Å². The van der Waals surface area contributed by atoms with E-state index < -0.39 is 51.7 Å². The quantitative estimate of drug-likeness (QED) is 0.142. The Kier molecular flexibility index (Phi) is 14.1. The van der Waals surface area contributed by atoms with Gasteiger partial charge in [-0.25, -0.2) is 13.1 Å². The Morgan fingerprint density at radius 2 is 1.07 bits per heavy atom. The Labute approximate surface area is 365 Å². The van der Waals surface area contributed by atoms with Crippen LogP contribution in [0.5, 0.6) is 5.75 Å². The molecule has 10 heteroatoms. The third-order valence-electron chi connectivity index (χ3n) is 17.9. The van der Waals surface area contributed by atoms with Gasteiger partial charge in [0.1, 0.15) is 36.8 Å². The lowest BCUT2D eigenvalue weighted by molar-refractivity contribution is -0.277. The van der Waals surface area contributed by atoms with E-state index in [-0.39, 0.29) is 6.61 Å². The van der Waals surface area contributed by atoms with Crippen molar-refractivity contribution in [2.45, 2.75) is 236 Å². The van der Waals surface area contributed by atoms with Gasteiger partial charge in [0.25, 0.3) is 0 Å². The summed E-state index contributed by atoms with van der Waals surface area (Å²) in [5, 5.41) is 47.7. The Balaban J connectivity index is 1.10. The minimum Gasteiger partial charge on any atom is -0.462 e. The van der Waals surface area contributed by atoms with E-state index >= 15 is 0 Å². The second-order valence-corrected chi connectivity index (χ2v) is 28.1. The van der Waals surface area contributed by atoms with Crippen LogP contribution in [0.15, 0.2) is 47.4 Å². The summed E-state index contributed by atoms with van der Waals surface area (Å²) in [7, 11) is -3.20. The molecule has 6 fully saturated rings. The van der Waals surface area contributed by atoms with E-state index in [4.69, 9.17) is 14.2 Å². The van der Waals surface area contributed by atoms with E-state index in [0.29, 0.717) is 11.3 Å². The van der Waals surface area contributed by atoms with Gasteiger partial charge in [0.15, 0.2) is 0 Å². The summed E-state index contributed by atoms with van der Waals surface area (Å²) in [5.74, 6) is 0.406. The van der Waals surface area contributed by atoms with Gasteiger partial charge in [-0.05, 0) is 150 Å². The summed E-state index contributed by atoms with van der Waals surface area (Å²) < 4.78 is 17.2. The van der Waals surface area contributed by atoms with Crippen LogP contribution in [0.4, 0.5) is 10.5 Å². The number of nitrogens with one attached hydrogen (secondary N) is 1. The van der Waals surface area contributed by atoms with Gasteiger partial charge in [-0.2, -0.15) is 0 Å². The molecule has 5 aliphatic carbocycles. The number of benzene rings is 2. The van der Waals surface area contributed by atoms with Crippen LogP contribution in [0, 0.1) is 6.92 Å². The molecule has 2 aromatic carbocycles. The maximum absolute atomic E-state index is 13.5. The van der Waals surface area contributed by atoms with E-state index in [1.165, 1.54) is 161 Å². The summed E-state index contributed by atoms with van der Waals surface area (Å²) in [6.07, 6.45) is 28.2. The standard InChI is InChI=1S/C51H79NO8S/c1-36-33-37(27-32-45(36)59-50-49(56)48(55)47(54)46(34-53)60-50)35-58-51(57)52-38-28-30-44(31-29-38)61(39-17-7-2-8-18-39,40-19-9-3-10-20-40,41-21-11-4-12-22-41,42-23-13-5-14-24-42)43-25-15-6-16-26-43/h27-33,39-43,46-50,53-56H,2-26,34-35H2,1H3,(H,52,57)/t46?,47-,48?,49?,50?/m0/s1.